The van der Waals surface area contributed by atoms with Crippen LogP contribution in [0, 0.1) is 11.8 Å². The van der Waals surface area contributed by atoms with Crippen molar-refractivity contribution in [3.63, 3.8) is 0 Å². The van der Waals surface area contributed by atoms with Crippen molar-refractivity contribution in [1.82, 2.24) is 9.80 Å². The first-order valence-corrected chi connectivity index (χ1v) is 15.8. The third kappa shape index (κ3) is 5.02. The Bertz CT molecular complexity index is 1430. The maximum absolute atomic E-state index is 14.1. The van der Waals surface area contributed by atoms with E-state index in [4.69, 9.17) is 19.2 Å². The highest BCUT2D eigenvalue weighted by atomic mass is 16.6. The highest BCUT2D eigenvalue weighted by molar-refractivity contribution is 6.01. The summed E-state index contributed by atoms with van der Waals surface area (Å²) in [7, 11) is 0. The van der Waals surface area contributed by atoms with Crippen molar-refractivity contribution < 1.29 is 19.0 Å². The van der Waals surface area contributed by atoms with Crippen LogP contribution in [0.25, 0.3) is 0 Å². The van der Waals surface area contributed by atoms with E-state index in [1.807, 2.05) is 13.0 Å². The Morgan fingerprint density at radius 1 is 0.907 bits per heavy atom. The number of hydrogen-bond acceptors (Lipinski definition) is 7. The number of carbonyl (C=O) groups is 1. The Hall–Kier alpha value is -3.36. The lowest BCUT2D eigenvalue weighted by Crippen LogP contribution is -2.64. The molecule has 3 saturated heterocycles. The van der Waals surface area contributed by atoms with Crippen molar-refractivity contribution in [3.05, 3.63) is 108 Å². The van der Waals surface area contributed by atoms with E-state index in [1.165, 1.54) is 16.7 Å². The molecule has 3 fully saturated rings. The second kappa shape index (κ2) is 12.0. The second-order valence-electron chi connectivity index (χ2n) is 12.2. The van der Waals surface area contributed by atoms with Crippen LogP contribution in [-0.2, 0) is 38.4 Å². The number of rotatable bonds is 10. The molecule has 3 aromatic rings. The van der Waals surface area contributed by atoms with Crippen LogP contribution in [0.2, 0.25) is 0 Å². The molecule has 7 heteroatoms. The number of morpholine rings is 1. The van der Waals surface area contributed by atoms with Crippen LogP contribution in [0.5, 0.6) is 0 Å². The van der Waals surface area contributed by atoms with Crippen LogP contribution in [0.1, 0.15) is 30.0 Å². The highest BCUT2D eigenvalue weighted by Crippen LogP contribution is 2.61. The van der Waals surface area contributed by atoms with Crippen molar-refractivity contribution in [2.45, 2.75) is 50.2 Å². The fraction of sp³-hybridized carbons (Fsp3) is 0.444. The summed E-state index contributed by atoms with van der Waals surface area (Å²) in [6.07, 6.45) is 2.42. The molecule has 4 heterocycles. The first-order valence-electron chi connectivity index (χ1n) is 15.8. The molecular weight excluding hydrogens is 538 g/mol. The van der Waals surface area contributed by atoms with Crippen LogP contribution < -0.4 is 0 Å². The van der Waals surface area contributed by atoms with Gasteiger partial charge < -0.3 is 14.2 Å². The maximum atomic E-state index is 14.1. The molecule has 3 aromatic carbocycles. The number of benzene rings is 3. The summed E-state index contributed by atoms with van der Waals surface area (Å²) < 4.78 is 19.1. The molecule has 43 heavy (non-hydrogen) atoms. The number of hydrogen-bond donors (Lipinski definition) is 0. The summed E-state index contributed by atoms with van der Waals surface area (Å²) in [5, 5.41) is 0. The minimum absolute atomic E-state index is 0.00558. The van der Waals surface area contributed by atoms with Crippen molar-refractivity contribution in [2.24, 2.45) is 16.8 Å². The number of carbonyl (C=O) groups excluding carboxylic acids is 1. The Morgan fingerprint density at radius 3 is 2.19 bits per heavy atom. The van der Waals surface area contributed by atoms with Gasteiger partial charge in [-0.25, -0.2) is 0 Å². The van der Waals surface area contributed by atoms with Gasteiger partial charge in [-0.15, -0.1) is 0 Å². The second-order valence-corrected chi connectivity index (χ2v) is 12.2. The molecule has 2 bridgehead atoms. The van der Waals surface area contributed by atoms with Crippen LogP contribution in [-0.4, -0.2) is 78.4 Å². The smallest absolute Gasteiger partial charge is 0.314 e. The quantitative estimate of drug-likeness (QED) is 0.323. The van der Waals surface area contributed by atoms with Gasteiger partial charge in [-0.1, -0.05) is 91.0 Å². The SMILES string of the molecule is CCOC(=O)[C@H]1[C@@H]2CN(Cc3ccccc3)[C@@H](CCc3ccccc3)[C@@]23N=C(Cc2ccccc2)C1(N1CCOCC1)O3. The minimum atomic E-state index is -0.944. The van der Waals surface area contributed by atoms with E-state index < -0.39 is 17.4 Å². The summed E-state index contributed by atoms with van der Waals surface area (Å²) in [5.41, 5.74) is 2.89. The molecule has 4 aliphatic heterocycles. The predicted octanol–water partition coefficient (Wildman–Crippen LogP) is 4.75. The third-order valence-electron chi connectivity index (χ3n) is 9.76. The Morgan fingerprint density at radius 2 is 1.53 bits per heavy atom. The van der Waals surface area contributed by atoms with Crippen molar-refractivity contribution >= 4 is 11.7 Å². The molecule has 0 aromatic heterocycles. The summed E-state index contributed by atoms with van der Waals surface area (Å²) in [6, 6.07) is 31.7. The van der Waals surface area contributed by atoms with Gasteiger partial charge in [0.15, 0.2) is 11.4 Å². The van der Waals surface area contributed by atoms with E-state index >= 15 is 0 Å². The average Bonchev–Trinajstić information content (AvgIpc) is 3.63. The molecule has 0 N–H and O–H groups in total. The van der Waals surface area contributed by atoms with Gasteiger partial charge in [-0.2, -0.15) is 0 Å². The van der Waals surface area contributed by atoms with E-state index in [-0.39, 0.29) is 17.9 Å². The monoisotopic (exact) mass is 579 g/mol. The normalized spacial score (nSPS) is 30.3. The number of aryl methyl sites for hydroxylation is 1. The maximum Gasteiger partial charge on any atom is 0.314 e. The van der Waals surface area contributed by atoms with Gasteiger partial charge in [-0.05, 0) is 36.5 Å². The van der Waals surface area contributed by atoms with Gasteiger partial charge in [0.2, 0.25) is 0 Å². The third-order valence-corrected chi connectivity index (χ3v) is 9.76. The van der Waals surface area contributed by atoms with Gasteiger partial charge in [0.1, 0.15) is 5.92 Å². The zero-order valence-corrected chi connectivity index (χ0v) is 24.9. The van der Waals surface area contributed by atoms with Gasteiger partial charge >= 0.3 is 5.97 Å². The van der Waals surface area contributed by atoms with Crippen molar-refractivity contribution in [1.29, 1.82) is 0 Å². The molecule has 1 unspecified atom stereocenters. The number of nitrogens with zero attached hydrogens (tertiary/aromatic N) is 3. The Balaban J connectivity index is 1.34. The first kappa shape index (κ1) is 28.4. The molecule has 1 spiro atoms. The molecule has 224 valence electrons. The van der Waals surface area contributed by atoms with Crippen LogP contribution in [0.15, 0.2) is 96.0 Å². The topological polar surface area (TPSA) is 63.6 Å². The summed E-state index contributed by atoms with van der Waals surface area (Å²) in [6.45, 7) is 6.33. The van der Waals surface area contributed by atoms with Crippen molar-refractivity contribution in [2.75, 3.05) is 39.5 Å². The molecule has 0 saturated carbocycles. The Kier molecular flexibility index (Phi) is 7.91. The number of fused-ring (bicyclic) bond motifs is 1. The fourth-order valence-electron chi connectivity index (χ4n) is 7.98. The fourth-order valence-corrected chi connectivity index (χ4v) is 7.98. The van der Waals surface area contributed by atoms with Gasteiger partial charge in [-0.3, -0.25) is 19.6 Å². The highest BCUT2D eigenvalue weighted by Gasteiger charge is 2.78. The summed E-state index contributed by atoms with van der Waals surface area (Å²) in [4.78, 5) is 24.6. The number of esters is 1. The zero-order chi connectivity index (χ0) is 29.3. The molecular formula is C36H41N3O4. The Labute approximate surface area is 254 Å². The summed E-state index contributed by atoms with van der Waals surface area (Å²) >= 11 is 0. The standard InChI is InChI=1S/C36H41N3O4/c1-2-42-34(40)33-30-26-38(25-29-16-10-5-11-17-29)32(19-18-27-12-6-3-7-13-27)35(30)37-31(24-28-14-8-4-9-15-28)36(33,43-35)39-20-22-41-23-21-39/h3-17,30,32-33H,2,18-26H2,1H3/t30-,32-,33+,35+,36?/m0/s1. The van der Waals surface area contributed by atoms with E-state index in [0.29, 0.717) is 39.3 Å². The predicted molar refractivity (Wildman–Crippen MR) is 166 cm³/mol. The number of ether oxygens (including phenoxy) is 3. The zero-order valence-electron chi connectivity index (χ0n) is 24.9. The number of likely N-dealkylation sites (tertiary alicyclic amines) is 1. The lowest BCUT2D eigenvalue weighted by molar-refractivity contribution is -0.182. The summed E-state index contributed by atoms with van der Waals surface area (Å²) in [5.74, 6) is -0.759. The molecule has 0 radical (unpaired) electrons. The molecule has 5 atom stereocenters. The lowest BCUT2D eigenvalue weighted by Gasteiger charge is -2.45. The molecule has 7 rings (SSSR count). The van der Waals surface area contributed by atoms with Crippen LogP contribution in [0.4, 0.5) is 0 Å². The van der Waals surface area contributed by atoms with E-state index in [1.54, 1.807) is 0 Å². The van der Waals surface area contributed by atoms with E-state index in [0.717, 1.165) is 31.6 Å². The average molecular weight is 580 g/mol. The van der Waals surface area contributed by atoms with E-state index in [2.05, 4.69) is 94.7 Å². The first-order chi connectivity index (χ1) is 21.1. The molecule has 0 aliphatic carbocycles. The van der Waals surface area contributed by atoms with Crippen LogP contribution >= 0.6 is 0 Å². The minimum Gasteiger partial charge on any atom is -0.466 e. The number of aliphatic imine (C=N–C) groups is 1. The molecule has 7 nitrogen and oxygen atoms in total. The van der Waals surface area contributed by atoms with E-state index in [9.17, 15) is 4.79 Å². The molecule has 0 amide bonds. The lowest BCUT2D eigenvalue weighted by atomic mass is 9.74. The van der Waals surface area contributed by atoms with Gasteiger partial charge in [0.05, 0.1) is 31.6 Å². The van der Waals surface area contributed by atoms with Crippen molar-refractivity contribution in [3.8, 4) is 0 Å². The van der Waals surface area contributed by atoms with Gasteiger partial charge in [0.25, 0.3) is 0 Å². The largest absolute Gasteiger partial charge is 0.466 e. The molecule has 4 aliphatic rings. The van der Waals surface area contributed by atoms with Crippen LogP contribution in [0.3, 0.4) is 0 Å². The van der Waals surface area contributed by atoms with Gasteiger partial charge in [0, 0.05) is 38.5 Å².